The third-order valence-corrected chi connectivity index (χ3v) is 3.84. The number of nitrogen functional groups attached to an aromatic ring is 1. The van der Waals surface area contributed by atoms with E-state index in [1.807, 2.05) is 30.3 Å². The maximum Gasteiger partial charge on any atom is 0.140 e. The quantitative estimate of drug-likeness (QED) is 0.580. The Bertz CT molecular complexity index is 655. The van der Waals surface area contributed by atoms with E-state index >= 15 is 0 Å². The van der Waals surface area contributed by atoms with Crippen LogP contribution < -0.4 is 10.6 Å². The number of amidine groups is 1. The Hall–Kier alpha value is -2.14. The summed E-state index contributed by atoms with van der Waals surface area (Å²) in [4.78, 5) is 6.79. The number of nitrogens with zero attached hydrogens (tertiary/aromatic N) is 2. The van der Waals surface area contributed by atoms with Crippen molar-refractivity contribution in [1.29, 1.82) is 5.41 Å². The monoisotopic (exact) mass is 270 g/mol. The summed E-state index contributed by atoms with van der Waals surface area (Å²) in [6.07, 6.45) is 0.947. The first-order chi connectivity index (χ1) is 9.69. The molecule has 1 fully saturated rings. The summed E-state index contributed by atoms with van der Waals surface area (Å²) in [6, 6.07) is 9.76. The predicted octanol–water partition coefficient (Wildman–Crippen LogP) is 1.34. The van der Waals surface area contributed by atoms with Crippen molar-refractivity contribution in [3.8, 4) is 0 Å². The summed E-state index contributed by atoms with van der Waals surface area (Å²) in [7, 11) is 0. The molecule has 1 aromatic heterocycles. The molecule has 20 heavy (non-hydrogen) atoms. The fourth-order valence-corrected chi connectivity index (χ4v) is 2.72. The zero-order chi connectivity index (χ0) is 14.1. The lowest BCUT2D eigenvalue weighted by atomic mass is 10.1. The van der Waals surface area contributed by atoms with Crippen molar-refractivity contribution in [1.82, 2.24) is 4.98 Å². The molecule has 2 heterocycles. The summed E-state index contributed by atoms with van der Waals surface area (Å²) >= 11 is 0. The third kappa shape index (κ3) is 2.20. The second-order valence-corrected chi connectivity index (χ2v) is 5.25. The minimum atomic E-state index is 0.0331. The fourth-order valence-electron chi connectivity index (χ4n) is 2.72. The zero-order valence-electron chi connectivity index (χ0n) is 11.2. The number of aliphatic hydroxyl groups is 1. The average Bonchev–Trinajstić information content (AvgIpc) is 2.94. The summed E-state index contributed by atoms with van der Waals surface area (Å²) < 4.78 is 0. The molecule has 0 saturated carbocycles. The smallest absolute Gasteiger partial charge is 0.140 e. The minimum Gasteiger partial charge on any atom is -0.396 e. The molecule has 1 aliphatic heterocycles. The number of hydrogen-bond acceptors (Lipinski definition) is 4. The molecule has 1 atom stereocenters. The number of nitrogens with two attached hydrogens (primary N) is 1. The van der Waals surface area contributed by atoms with Crippen LogP contribution in [0.2, 0.25) is 0 Å². The van der Waals surface area contributed by atoms with Crippen molar-refractivity contribution < 1.29 is 5.11 Å². The first kappa shape index (κ1) is 12.9. The van der Waals surface area contributed by atoms with Gasteiger partial charge in [0, 0.05) is 31.0 Å². The molecule has 0 aliphatic carbocycles. The number of para-hydroxylation sites is 1. The number of benzene rings is 1. The van der Waals surface area contributed by atoms with Gasteiger partial charge in [-0.1, -0.05) is 18.2 Å². The van der Waals surface area contributed by atoms with E-state index in [2.05, 4.69) is 9.88 Å². The summed E-state index contributed by atoms with van der Waals surface area (Å²) in [5, 5.41) is 18.0. The number of nitrogens with one attached hydrogen (secondary N) is 1. The van der Waals surface area contributed by atoms with Crippen LogP contribution >= 0.6 is 0 Å². The molecule has 0 bridgehead atoms. The molecule has 1 aliphatic rings. The predicted molar refractivity (Wildman–Crippen MR) is 80.2 cm³/mol. The van der Waals surface area contributed by atoms with Gasteiger partial charge in [0.25, 0.3) is 0 Å². The summed E-state index contributed by atoms with van der Waals surface area (Å²) in [5.74, 6) is 1.07. The number of pyridine rings is 1. The van der Waals surface area contributed by atoms with E-state index in [0.717, 1.165) is 36.2 Å². The second-order valence-electron chi connectivity index (χ2n) is 5.25. The van der Waals surface area contributed by atoms with E-state index in [0.29, 0.717) is 5.56 Å². The summed E-state index contributed by atoms with van der Waals surface area (Å²) in [5.41, 5.74) is 7.28. The van der Waals surface area contributed by atoms with Crippen LogP contribution in [-0.4, -0.2) is 35.6 Å². The highest BCUT2D eigenvalue weighted by molar-refractivity contribution is 6.03. The highest BCUT2D eigenvalue weighted by atomic mass is 16.3. The fraction of sp³-hybridized carbons (Fsp3) is 0.333. The van der Waals surface area contributed by atoms with Crippen LogP contribution in [0.1, 0.15) is 12.0 Å². The van der Waals surface area contributed by atoms with Gasteiger partial charge in [0.05, 0.1) is 11.1 Å². The van der Waals surface area contributed by atoms with E-state index in [-0.39, 0.29) is 18.4 Å². The molecular weight excluding hydrogens is 252 g/mol. The van der Waals surface area contributed by atoms with E-state index in [9.17, 15) is 5.11 Å². The molecule has 104 valence electrons. The SMILES string of the molecule is N=C(N)c1cc2ccccc2nc1N1CCC(CO)C1. The highest BCUT2D eigenvalue weighted by Crippen LogP contribution is 2.28. The van der Waals surface area contributed by atoms with Crippen molar-refractivity contribution >= 4 is 22.6 Å². The Balaban J connectivity index is 2.08. The standard InChI is InChI=1S/C15H18N4O/c16-14(17)12-7-11-3-1-2-4-13(11)18-15(12)19-6-5-10(8-19)9-20/h1-4,7,10,20H,5-6,8-9H2,(H3,16,17). The molecule has 0 radical (unpaired) electrons. The molecule has 0 amide bonds. The Morgan fingerprint density at radius 3 is 2.95 bits per heavy atom. The lowest BCUT2D eigenvalue weighted by Crippen LogP contribution is -2.26. The largest absolute Gasteiger partial charge is 0.396 e. The van der Waals surface area contributed by atoms with E-state index < -0.39 is 0 Å². The molecular formula is C15H18N4O. The van der Waals surface area contributed by atoms with Gasteiger partial charge in [-0.15, -0.1) is 0 Å². The maximum atomic E-state index is 9.27. The van der Waals surface area contributed by atoms with Gasteiger partial charge in [-0.05, 0) is 18.6 Å². The van der Waals surface area contributed by atoms with Crippen molar-refractivity contribution in [3.63, 3.8) is 0 Å². The molecule has 1 saturated heterocycles. The Morgan fingerprint density at radius 1 is 1.45 bits per heavy atom. The normalized spacial score (nSPS) is 18.6. The van der Waals surface area contributed by atoms with Gasteiger partial charge < -0.3 is 15.7 Å². The third-order valence-electron chi connectivity index (χ3n) is 3.84. The molecule has 2 aromatic rings. The van der Waals surface area contributed by atoms with Crippen LogP contribution in [0.4, 0.5) is 5.82 Å². The number of aliphatic hydroxyl groups excluding tert-OH is 1. The van der Waals surface area contributed by atoms with E-state index in [1.54, 1.807) is 0 Å². The average molecular weight is 270 g/mol. The number of aromatic nitrogens is 1. The number of fused-ring (bicyclic) bond motifs is 1. The van der Waals surface area contributed by atoms with Gasteiger partial charge in [-0.3, -0.25) is 5.41 Å². The lowest BCUT2D eigenvalue weighted by molar-refractivity contribution is 0.238. The number of hydrogen-bond donors (Lipinski definition) is 3. The van der Waals surface area contributed by atoms with Crippen LogP contribution in [0, 0.1) is 11.3 Å². The molecule has 1 unspecified atom stereocenters. The van der Waals surface area contributed by atoms with Crippen LogP contribution in [0.25, 0.3) is 10.9 Å². The van der Waals surface area contributed by atoms with Gasteiger partial charge in [0.1, 0.15) is 11.7 Å². The molecule has 5 heteroatoms. The van der Waals surface area contributed by atoms with Gasteiger partial charge in [-0.25, -0.2) is 4.98 Å². The molecule has 5 nitrogen and oxygen atoms in total. The maximum absolute atomic E-state index is 9.27. The van der Waals surface area contributed by atoms with Gasteiger partial charge in [0.2, 0.25) is 0 Å². The highest BCUT2D eigenvalue weighted by Gasteiger charge is 2.25. The first-order valence-electron chi connectivity index (χ1n) is 6.79. The van der Waals surface area contributed by atoms with Crippen LogP contribution in [0.15, 0.2) is 30.3 Å². The van der Waals surface area contributed by atoms with Gasteiger partial charge in [0.15, 0.2) is 0 Å². The van der Waals surface area contributed by atoms with Crippen LogP contribution in [-0.2, 0) is 0 Å². The number of rotatable bonds is 3. The molecule has 3 rings (SSSR count). The Morgan fingerprint density at radius 2 is 2.25 bits per heavy atom. The van der Waals surface area contributed by atoms with E-state index in [4.69, 9.17) is 11.1 Å². The number of anilines is 1. The van der Waals surface area contributed by atoms with Crippen LogP contribution in [0.3, 0.4) is 0 Å². The Kier molecular flexibility index (Phi) is 3.28. The zero-order valence-corrected chi connectivity index (χ0v) is 11.2. The van der Waals surface area contributed by atoms with Crippen LogP contribution in [0.5, 0.6) is 0 Å². The second kappa shape index (κ2) is 5.09. The Labute approximate surface area is 117 Å². The first-order valence-corrected chi connectivity index (χ1v) is 6.79. The topological polar surface area (TPSA) is 86.2 Å². The molecule has 1 aromatic carbocycles. The van der Waals surface area contributed by atoms with Crippen molar-refractivity contribution in [2.45, 2.75) is 6.42 Å². The van der Waals surface area contributed by atoms with Crippen molar-refractivity contribution in [2.24, 2.45) is 11.7 Å². The van der Waals surface area contributed by atoms with Gasteiger partial charge >= 0.3 is 0 Å². The van der Waals surface area contributed by atoms with Gasteiger partial charge in [-0.2, -0.15) is 0 Å². The molecule has 0 spiro atoms. The molecule has 4 N–H and O–H groups in total. The lowest BCUT2D eigenvalue weighted by Gasteiger charge is -2.21. The summed E-state index contributed by atoms with van der Waals surface area (Å²) in [6.45, 7) is 1.80. The van der Waals surface area contributed by atoms with E-state index in [1.165, 1.54) is 0 Å². The van der Waals surface area contributed by atoms with Crippen molar-refractivity contribution in [2.75, 3.05) is 24.6 Å². The van der Waals surface area contributed by atoms with Crippen molar-refractivity contribution in [3.05, 3.63) is 35.9 Å². The minimum absolute atomic E-state index is 0.0331.